The van der Waals surface area contributed by atoms with Gasteiger partial charge in [-0.05, 0) is 31.5 Å². The highest BCUT2D eigenvalue weighted by molar-refractivity contribution is 6.04. The van der Waals surface area contributed by atoms with E-state index in [2.05, 4.69) is 15.6 Å². The number of rotatable bonds is 6. The predicted molar refractivity (Wildman–Crippen MR) is 90.0 cm³/mol. The molecule has 0 radical (unpaired) electrons. The van der Waals surface area contributed by atoms with Crippen molar-refractivity contribution in [1.82, 2.24) is 25.2 Å². The molecule has 3 rings (SSSR count). The van der Waals surface area contributed by atoms with Crippen molar-refractivity contribution in [2.24, 2.45) is 0 Å². The van der Waals surface area contributed by atoms with Crippen molar-refractivity contribution in [1.29, 1.82) is 0 Å². The van der Waals surface area contributed by atoms with Gasteiger partial charge in [-0.15, -0.1) is 5.10 Å². The summed E-state index contributed by atoms with van der Waals surface area (Å²) in [5, 5.41) is 10.8. The van der Waals surface area contributed by atoms with Crippen LogP contribution < -0.4 is 10.1 Å². The molecule has 1 aromatic carbocycles. The van der Waals surface area contributed by atoms with Gasteiger partial charge in [0, 0.05) is 18.7 Å². The number of ether oxygens (including phenoxy) is 1. The molecule has 1 atom stereocenters. The van der Waals surface area contributed by atoms with Crippen LogP contribution in [-0.4, -0.2) is 45.0 Å². The average molecular weight is 343 g/mol. The first-order valence-electron chi connectivity index (χ1n) is 8.13. The van der Waals surface area contributed by atoms with Crippen molar-refractivity contribution < 1.29 is 14.3 Å². The standard InChI is InChI=1S/C17H21N5O3/c1-11(2)22-10-13(19-20-22)8-15-16(23)21(17(24)18-15)9-12-4-6-14(25-3)7-5-12/h4-7,10-11,15H,8-9H2,1-3H3,(H,18,24). The van der Waals surface area contributed by atoms with Gasteiger partial charge < -0.3 is 10.1 Å². The highest BCUT2D eigenvalue weighted by atomic mass is 16.5. The zero-order valence-electron chi connectivity index (χ0n) is 14.5. The molecule has 1 aliphatic heterocycles. The Balaban J connectivity index is 1.66. The number of carbonyl (C=O) groups excluding carboxylic acids is 2. The van der Waals surface area contributed by atoms with Gasteiger partial charge in [0.1, 0.15) is 11.8 Å². The molecule has 0 aliphatic carbocycles. The first-order valence-corrected chi connectivity index (χ1v) is 8.13. The van der Waals surface area contributed by atoms with Crippen molar-refractivity contribution in [3.63, 3.8) is 0 Å². The van der Waals surface area contributed by atoms with Crippen LogP contribution in [-0.2, 0) is 17.8 Å². The van der Waals surface area contributed by atoms with Crippen LogP contribution in [0.15, 0.2) is 30.5 Å². The van der Waals surface area contributed by atoms with E-state index in [1.54, 1.807) is 30.1 Å². The van der Waals surface area contributed by atoms with Crippen LogP contribution in [0.25, 0.3) is 0 Å². The van der Waals surface area contributed by atoms with E-state index in [1.807, 2.05) is 26.0 Å². The summed E-state index contributed by atoms with van der Waals surface area (Å²) in [5.41, 5.74) is 1.54. The molecule has 8 heteroatoms. The van der Waals surface area contributed by atoms with E-state index in [4.69, 9.17) is 4.74 Å². The third-order valence-electron chi connectivity index (χ3n) is 4.11. The second-order valence-corrected chi connectivity index (χ2v) is 6.26. The van der Waals surface area contributed by atoms with Gasteiger partial charge in [-0.2, -0.15) is 0 Å². The lowest BCUT2D eigenvalue weighted by Crippen LogP contribution is -2.32. The molecule has 1 aromatic heterocycles. The second kappa shape index (κ2) is 6.92. The zero-order valence-corrected chi connectivity index (χ0v) is 14.5. The molecule has 2 aromatic rings. The fourth-order valence-electron chi connectivity index (χ4n) is 2.65. The van der Waals surface area contributed by atoms with E-state index in [0.29, 0.717) is 12.1 Å². The zero-order chi connectivity index (χ0) is 18.0. The van der Waals surface area contributed by atoms with Gasteiger partial charge in [-0.3, -0.25) is 9.69 Å². The van der Waals surface area contributed by atoms with Gasteiger partial charge in [0.15, 0.2) is 0 Å². The van der Waals surface area contributed by atoms with E-state index in [0.717, 1.165) is 11.3 Å². The fraction of sp³-hybridized carbons (Fsp3) is 0.412. The SMILES string of the molecule is COc1ccc(CN2C(=O)NC(Cc3cn(C(C)C)nn3)C2=O)cc1. The molecule has 1 N–H and O–H groups in total. The summed E-state index contributed by atoms with van der Waals surface area (Å²) < 4.78 is 6.84. The van der Waals surface area contributed by atoms with Crippen molar-refractivity contribution in [3.05, 3.63) is 41.7 Å². The van der Waals surface area contributed by atoms with Crippen molar-refractivity contribution in [2.75, 3.05) is 7.11 Å². The molecule has 2 heterocycles. The smallest absolute Gasteiger partial charge is 0.325 e. The summed E-state index contributed by atoms with van der Waals surface area (Å²) in [6.45, 7) is 4.22. The van der Waals surface area contributed by atoms with Crippen molar-refractivity contribution in [2.45, 2.75) is 38.9 Å². The minimum Gasteiger partial charge on any atom is -0.497 e. The molecule has 1 saturated heterocycles. The molecule has 1 fully saturated rings. The number of methoxy groups -OCH3 is 1. The Morgan fingerprint density at radius 2 is 1.96 bits per heavy atom. The Labute approximate surface area is 145 Å². The number of nitrogens with one attached hydrogen (secondary N) is 1. The van der Waals surface area contributed by atoms with Crippen LogP contribution in [0.1, 0.15) is 31.1 Å². The van der Waals surface area contributed by atoms with E-state index in [1.165, 1.54) is 4.90 Å². The summed E-state index contributed by atoms with van der Waals surface area (Å²) >= 11 is 0. The number of hydrogen-bond acceptors (Lipinski definition) is 5. The second-order valence-electron chi connectivity index (χ2n) is 6.26. The monoisotopic (exact) mass is 343 g/mol. The third kappa shape index (κ3) is 3.62. The number of imide groups is 1. The number of hydrogen-bond donors (Lipinski definition) is 1. The minimum absolute atomic E-state index is 0.196. The molecule has 25 heavy (non-hydrogen) atoms. The topological polar surface area (TPSA) is 89.3 Å². The highest BCUT2D eigenvalue weighted by Crippen LogP contribution is 2.17. The number of amides is 3. The lowest BCUT2D eigenvalue weighted by molar-refractivity contribution is -0.127. The maximum absolute atomic E-state index is 12.6. The first-order chi connectivity index (χ1) is 12.0. The number of benzene rings is 1. The van der Waals surface area contributed by atoms with Gasteiger partial charge in [0.2, 0.25) is 0 Å². The Morgan fingerprint density at radius 3 is 2.56 bits per heavy atom. The quantitative estimate of drug-likeness (QED) is 0.804. The van der Waals surface area contributed by atoms with Crippen LogP contribution in [0.3, 0.4) is 0 Å². The fourth-order valence-corrected chi connectivity index (χ4v) is 2.65. The molecule has 1 unspecified atom stereocenters. The van der Waals surface area contributed by atoms with Crippen LogP contribution >= 0.6 is 0 Å². The Morgan fingerprint density at radius 1 is 1.24 bits per heavy atom. The lowest BCUT2D eigenvalue weighted by atomic mass is 10.1. The highest BCUT2D eigenvalue weighted by Gasteiger charge is 2.38. The lowest BCUT2D eigenvalue weighted by Gasteiger charge is -2.13. The van der Waals surface area contributed by atoms with Gasteiger partial charge in [0.25, 0.3) is 5.91 Å². The van der Waals surface area contributed by atoms with Gasteiger partial charge >= 0.3 is 6.03 Å². The summed E-state index contributed by atoms with van der Waals surface area (Å²) in [6, 6.07) is 6.47. The van der Waals surface area contributed by atoms with E-state index in [9.17, 15) is 9.59 Å². The number of urea groups is 1. The van der Waals surface area contributed by atoms with E-state index in [-0.39, 0.29) is 24.5 Å². The summed E-state index contributed by atoms with van der Waals surface area (Å²) in [5.74, 6) is 0.479. The maximum atomic E-state index is 12.6. The first kappa shape index (κ1) is 16.9. The van der Waals surface area contributed by atoms with Crippen LogP contribution in [0.2, 0.25) is 0 Å². The maximum Gasteiger partial charge on any atom is 0.325 e. The Hall–Kier alpha value is -2.90. The molecule has 8 nitrogen and oxygen atoms in total. The van der Waals surface area contributed by atoms with Crippen molar-refractivity contribution in [3.8, 4) is 5.75 Å². The third-order valence-corrected chi connectivity index (χ3v) is 4.11. The molecule has 0 spiro atoms. The minimum atomic E-state index is -0.608. The molecule has 0 saturated carbocycles. The summed E-state index contributed by atoms with van der Waals surface area (Å²) in [6.07, 6.45) is 2.13. The number of carbonyl (C=O) groups is 2. The Bertz CT molecular complexity index is 769. The van der Waals surface area contributed by atoms with E-state index < -0.39 is 6.04 Å². The van der Waals surface area contributed by atoms with Crippen molar-refractivity contribution >= 4 is 11.9 Å². The number of nitrogens with zero attached hydrogens (tertiary/aromatic N) is 4. The van der Waals surface area contributed by atoms with Gasteiger partial charge in [0.05, 0.1) is 19.3 Å². The summed E-state index contributed by atoms with van der Waals surface area (Å²) in [4.78, 5) is 25.9. The van der Waals surface area contributed by atoms with Crippen LogP contribution in [0.4, 0.5) is 4.79 Å². The predicted octanol–water partition coefficient (Wildman–Crippen LogP) is 1.53. The normalized spacial score (nSPS) is 17.3. The molecule has 132 valence electrons. The van der Waals surface area contributed by atoms with Crippen LogP contribution in [0.5, 0.6) is 5.75 Å². The molecule has 3 amide bonds. The van der Waals surface area contributed by atoms with Gasteiger partial charge in [-0.25, -0.2) is 9.48 Å². The van der Waals surface area contributed by atoms with Gasteiger partial charge in [-0.1, -0.05) is 17.3 Å². The van der Waals surface area contributed by atoms with Crippen LogP contribution in [0, 0.1) is 0 Å². The summed E-state index contributed by atoms with van der Waals surface area (Å²) in [7, 11) is 1.59. The largest absolute Gasteiger partial charge is 0.497 e. The van der Waals surface area contributed by atoms with E-state index >= 15 is 0 Å². The average Bonchev–Trinajstić information content (AvgIpc) is 3.16. The number of aromatic nitrogens is 3. The molecular weight excluding hydrogens is 322 g/mol. The Kier molecular flexibility index (Phi) is 4.69. The molecule has 0 bridgehead atoms. The molecular formula is C17H21N5O3. The molecule has 1 aliphatic rings.